The van der Waals surface area contributed by atoms with E-state index in [2.05, 4.69) is 10.2 Å². The Morgan fingerprint density at radius 3 is 2.59 bits per heavy atom. The molecule has 2 aromatic heterocycles. The number of halogens is 3. The number of nitrogens with zero attached hydrogens (tertiary/aromatic N) is 4. The molecule has 0 radical (unpaired) electrons. The highest BCUT2D eigenvalue weighted by Gasteiger charge is 2.33. The first kappa shape index (κ1) is 19.0. The molecule has 27 heavy (non-hydrogen) atoms. The molecule has 0 spiro atoms. The molecular formula is C16H13F3N4O3S. The lowest BCUT2D eigenvalue weighted by molar-refractivity contribution is -0.388. The summed E-state index contributed by atoms with van der Waals surface area (Å²) in [5, 5.41) is 19.7. The van der Waals surface area contributed by atoms with Crippen LogP contribution in [0.1, 0.15) is 18.2 Å². The second-order valence-electron chi connectivity index (χ2n) is 5.48. The van der Waals surface area contributed by atoms with E-state index < -0.39 is 22.4 Å². The van der Waals surface area contributed by atoms with Crippen LogP contribution in [0.4, 0.5) is 18.9 Å². The molecule has 0 atom stereocenters. The van der Waals surface area contributed by atoms with Crippen molar-refractivity contribution in [2.45, 2.75) is 36.6 Å². The molecule has 0 aliphatic carbocycles. The molecule has 0 fully saturated rings. The van der Waals surface area contributed by atoms with Crippen LogP contribution in [0.15, 0.2) is 45.0 Å². The number of hydrogen-bond donors (Lipinski definition) is 0. The largest absolute Gasteiger partial charge is 0.469 e. The van der Waals surface area contributed by atoms with E-state index in [9.17, 15) is 23.3 Å². The van der Waals surface area contributed by atoms with E-state index in [0.717, 1.165) is 29.5 Å². The predicted molar refractivity (Wildman–Crippen MR) is 90.4 cm³/mol. The standard InChI is InChI=1S/C16H13F3N4O3S/c1-3-22-14(11-6-7-26-9(11)2)20-21-15(22)27-13-5-4-10(16(17,18)19)8-12(13)23(24)25/h4-8H,3H2,1-2H3. The summed E-state index contributed by atoms with van der Waals surface area (Å²) < 4.78 is 45.5. The maximum absolute atomic E-state index is 12.8. The average Bonchev–Trinajstić information content (AvgIpc) is 3.19. The van der Waals surface area contributed by atoms with Crippen LogP contribution >= 0.6 is 11.8 Å². The molecule has 142 valence electrons. The van der Waals surface area contributed by atoms with Crippen LogP contribution in [0.5, 0.6) is 0 Å². The van der Waals surface area contributed by atoms with E-state index in [4.69, 9.17) is 4.42 Å². The molecule has 1 aromatic carbocycles. The maximum Gasteiger partial charge on any atom is 0.416 e. The minimum Gasteiger partial charge on any atom is -0.469 e. The molecule has 11 heteroatoms. The number of furan rings is 1. The summed E-state index contributed by atoms with van der Waals surface area (Å²) in [5.74, 6) is 1.15. The molecule has 0 N–H and O–H groups in total. The normalized spacial score (nSPS) is 11.7. The zero-order valence-electron chi connectivity index (χ0n) is 14.1. The Morgan fingerprint density at radius 2 is 2.04 bits per heavy atom. The van der Waals surface area contributed by atoms with Gasteiger partial charge in [0.05, 0.1) is 27.2 Å². The third kappa shape index (κ3) is 3.68. The van der Waals surface area contributed by atoms with Crippen LogP contribution in [-0.4, -0.2) is 19.7 Å². The van der Waals surface area contributed by atoms with E-state index in [1.807, 2.05) is 6.92 Å². The molecule has 0 aliphatic heterocycles. The van der Waals surface area contributed by atoms with Crippen LogP contribution in [-0.2, 0) is 12.7 Å². The maximum atomic E-state index is 12.8. The first-order chi connectivity index (χ1) is 12.7. The van der Waals surface area contributed by atoms with E-state index in [1.54, 1.807) is 17.6 Å². The van der Waals surface area contributed by atoms with Gasteiger partial charge in [-0.05, 0) is 43.8 Å². The van der Waals surface area contributed by atoms with Crippen molar-refractivity contribution in [1.82, 2.24) is 14.8 Å². The third-order valence-electron chi connectivity index (χ3n) is 3.82. The Kier molecular flexibility index (Phi) is 4.96. The summed E-state index contributed by atoms with van der Waals surface area (Å²) in [5.41, 5.74) is -0.996. The number of rotatable bonds is 5. The van der Waals surface area contributed by atoms with Crippen molar-refractivity contribution in [3.8, 4) is 11.4 Å². The second-order valence-corrected chi connectivity index (χ2v) is 6.49. The van der Waals surface area contributed by atoms with Crippen molar-refractivity contribution in [3.63, 3.8) is 0 Å². The molecule has 0 amide bonds. The summed E-state index contributed by atoms with van der Waals surface area (Å²) in [6, 6.07) is 4.13. The van der Waals surface area contributed by atoms with Gasteiger partial charge in [0, 0.05) is 12.6 Å². The number of nitro benzene ring substituents is 1. The smallest absolute Gasteiger partial charge is 0.416 e. The minimum atomic E-state index is -4.66. The van der Waals surface area contributed by atoms with Gasteiger partial charge >= 0.3 is 6.18 Å². The first-order valence-corrected chi connectivity index (χ1v) is 8.55. The first-order valence-electron chi connectivity index (χ1n) is 7.73. The Labute approximate surface area is 155 Å². The van der Waals surface area contributed by atoms with Gasteiger partial charge in [0.2, 0.25) is 0 Å². The Morgan fingerprint density at radius 1 is 1.30 bits per heavy atom. The molecule has 3 aromatic rings. The number of aryl methyl sites for hydroxylation is 1. The lowest BCUT2D eigenvalue weighted by Gasteiger charge is -2.09. The lowest BCUT2D eigenvalue weighted by atomic mass is 10.2. The van der Waals surface area contributed by atoms with Crippen molar-refractivity contribution in [2.24, 2.45) is 0 Å². The van der Waals surface area contributed by atoms with E-state index in [-0.39, 0.29) is 4.90 Å². The van der Waals surface area contributed by atoms with Gasteiger partial charge in [0.1, 0.15) is 5.76 Å². The number of hydrogen-bond acceptors (Lipinski definition) is 6. The monoisotopic (exact) mass is 398 g/mol. The molecule has 0 unspecified atom stereocenters. The fourth-order valence-electron chi connectivity index (χ4n) is 2.49. The van der Waals surface area contributed by atoms with E-state index >= 15 is 0 Å². The van der Waals surface area contributed by atoms with Crippen LogP contribution in [0.25, 0.3) is 11.4 Å². The van der Waals surface area contributed by atoms with Crippen molar-refractivity contribution in [1.29, 1.82) is 0 Å². The van der Waals surface area contributed by atoms with Crippen LogP contribution in [0, 0.1) is 17.0 Å². The van der Waals surface area contributed by atoms with Crippen LogP contribution < -0.4 is 0 Å². The van der Waals surface area contributed by atoms with E-state index in [1.165, 1.54) is 6.26 Å². The number of aromatic nitrogens is 3. The highest BCUT2D eigenvalue weighted by atomic mass is 32.2. The summed E-state index contributed by atoms with van der Waals surface area (Å²) in [4.78, 5) is 10.5. The van der Waals surface area contributed by atoms with Crippen molar-refractivity contribution in [2.75, 3.05) is 0 Å². The lowest BCUT2D eigenvalue weighted by Crippen LogP contribution is -2.06. The molecule has 0 aliphatic rings. The van der Waals surface area contributed by atoms with Gasteiger partial charge in [-0.25, -0.2) is 0 Å². The topological polar surface area (TPSA) is 87.0 Å². The van der Waals surface area contributed by atoms with Gasteiger partial charge in [-0.2, -0.15) is 13.2 Å². The van der Waals surface area contributed by atoms with Crippen molar-refractivity contribution in [3.05, 3.63) is 52.0 Å². The molecule has 0 bridgehead atoms. The van der Waals surface area contributed by atoms with Crippen molar-refractivity contribution < 1.29 is 22.5 Å². The quantitative estimate of drug-likeness (QED) is 0.447. The van der Waals surface area contributed by atoms with Gasteiger partial charge in [-0.1, -0.05) is 0 Å². The summed E-state index contributed by atoms with van der Waals surface area (Å²) in [6.45, 7) is 4.06. The van der Waals surface area contributed by atoms with E-state index in [0.29, 0.717) is 29.4 Å². The van der Waals surface area contributed by atoms with Gasteiger partial charge in [0.25, 0.3) is 5.69 Å². The molecule has 2 heterocycles. The Balaban J connectivity index is 2.02. The van der Waals surface area contributed by atoms with Gasteiger partial charge in [-0.3, -0.25) is 10.1 Å². The number of alkyl halides is 3. The highest BCUT2D eigenvalue weighted by molar-refractivity contribution is 7.99. The van der Waals surface area contributed by atoms with Crippen LogP contribution in [0.2, 0.25) is 0 Å². The fraction of sp³-hybridized carbons (Fsp3) is 0.250. The number of benzene rings is 1. The zero-order chi connectivity index (χ0) is 19.8. The third-order valence-corrected chi connectivity index (χ3v) is 4.87. The Hall–Kier alpha value is -2.82. The molecular weight excluding hydrogens is 385 g/mol. The second kappa shape index (κ2) is 7.06. The van der Waals surface area contributed by atoms with Gasteiger partial charge in [0.15, 0.2) is 11.0 Å². The summed E-state index contributed by atoms with van der Waals surface area (Å²) >= 11 is 0.887. The highest BCUT2D eigenvalue weighted by Crippen LogP contribution is 2.39. The van der Waals surface area contributed by atoms with Gasteiger partial charge in [-0.15, -0.1) is 10.2 Å². The zero-order valence-corrected chi connectivity index (χ0v) is 15.0. The van der Waals surface area contributed by atoms with Gasteiger partial charge < -0.3 is 8.98 Å². The SMILES string of the molecule is CCn1c(Sc2ccc(C(F)(F)F)cc2[N+](=O)[O-])nnc1-c1ccoc1C. The minimum absolute atomic E-state index is 0.0468. The average molecular weight is 398 g/mol. The molecule has 0 saturated carbocycles. The fourth-order valence-corrected chi connectivity index (χ4v) is 3.46. The molecule has 7 nitrogen and oxygen atoms in total. The molecule has 0 saturated heterocycles. The number of nitro groups is 1. The van der Waals surface area contributed by atoms with Crippen LogP contribution in [0.3, 0.4) is 0 Å². The molecule has 3 rings (SSSR count). The summed E-state index contributed by atoms with van der Waals surface area (Å²) in [7, 11) is 0. The summed E-state index contributed by atoms with van der Waals surface area (Å²) in [6.07, 6.45) is -3.16. The predicted octanol–water partition coefficient (Wildman–Crippen LogP) is 4.94. The van der Waals surface area contributed by atoms with Crippen molar-refractivity contribution >= 4 is 17.4 Å². The Bertz CT molecular complexity index is 997.